The van der Waals surface area contributed by atoms with Gasteiger partial charge in [0.15, 0.2) is 0 Å². The van der Waals surface area contributed by atoms with Crippen LogP contribution in [0.3, 0.4) is 0 Å². The van der Waals surface area contributed by atoms with Crippen molar-refractivity contribution in [3.63, 3.8) is 0 Å². The molecule has 0 spiro atoms. The van der Waals surface area contributed by atoms with E-state index in [0.29, 0.717) is 10.4 Å². The number of aromatic nitrogens is 3. The number of aliphatic hydroxyl groups excluding tert-OH is 2. The molecule has 20 heavy (non-hydrogen) atoms. The van der Waals surface area contributed by atoms with E-state index in [9.17, 15) is 9.36 Å². The van der Waals surface area contributed by atoms with Gasteiger partial charge in [-0.15, -0.1) is 5.10 Å². The Morgan fingerprint density at radius 2 is 1.85 bits per heavy atom. The number of benzene rings is 1. The molecule has 0 aliphatic carbocycles. The van der Waals surface area contributed by atoms with Crippen LogP contribution in [0.15, 0.2) is 29.1 Å². The Kier molecular flexibility index (Phi) is 4.49. The first-order valence-electron chi connectivity index (χ1n) is 5.94. The lowest BCUT2D eigenvalue weighted by Crippen LogP contribution is -2.30. The Balaban J connectivity index is 2.40. The Hall–Kier alpha value is -1.76. The van der Waals surface area contributed by atoms with Crippen molar-refractivity contribution in [1.82, 2.24) is 15.2 Å². The van der Waals surface area contributed by atoms with Gasteiger partial charge in [-0.05, 0) is 22.2 Å². The van der Waals surface area contributed by atoms with E-state index in [-0.39, 0.29) is 30.9 Å². The summed E-state index contributed by atoms with van der Waals surface area (Å²) in [6, 6.07) is 6.55. The predicted molar refractivity (Wildman–Crippen MR) is 71.9 cm³/mol. The zero-order chi connectivity index (χ0) is 14.6. The van der Waals surface area contributed by atoms with Crippen LogP contribution < -0.4 is 10.2 Å². The fourth-order valence-electron chi connectivity index (χ4n) is 1.67. The number of aliphatic hydroxyl groups is 2. The van der Waals surface area contributed by atoms with Gasteiger partial charge in [0.25, 0.3) is 7.37 Å². The summed E-state index contributed by atoms with van der Waals surface area (Å²) < 4.78 is 17.4. The summed E-state index contributed by atoms with van der Waals surface area (Å²) in [5.74, 6) is 0. The second-order valence-corrected chi connectivity index (χ2v) is 6.76. The Bertz CT molecular complexity index is 692. The molecule has 0 amide bonds. The molecule has 1 heterocycles. The molecule has 108 valence electrons. The van der Waals surface area contributed by atoms with Gasteiger partial charge in [0.1, 0.15) is 5.52 Å². The van der Waals surface area contributed by atoms with E-state index < -0.39 is 12.9 Å². The van der Waals surface area contributed by atoms with Gasteiger partial charge in [0.05, 0.1) is 30.9 Å². The molecular weight excluding hydrogens is 285 g/mol. The molecule has 0 aliphatic heterocycles. The molecule has 0 fully saturated rings. The van der Waals surface area contributed by atoms with Gasteiger partial charge >= 0.3 is 5.56 Å². The molecule has 9 heteroatoms. The third-order valence-electron chi connectivity index (χ3n) is 2.65. The monoisotopic (exact) mass is 299 g/mol. The average molecular weight is 299 g/mol. The maximum Gasteiger partial charge on any atom is 0.314 e. The van der Waals surface area contributed by atoms with Crippen molar-refractivity contribution >= 4 is 18.3 Å². The highest BCUT2D eigenvalue weighted by atomic mass is 31.2. The van der Waals surface area contributed by atoms with Gasteiger partial charge < -0.3 is 14.8 Å². The second kappa shape index (κ2) is 6.13. The van der Waals surface area contributed by atoms with E-state index in [1.807, 2.05) is 0 Å². The first-order valence-corrected chi connectivity index (χ1v) is 7.94. The highest BCUT2D eigenvalue weighted by molar-refractivity contribution is 7.59. The van der Waals surface area contributed by atoms with Crippen LogP contribution in [-0.2, 0) is 4.57 Å². The SMILES string of the molecule is O=c1c2ccccc2nnn1OP(=O)(CCO)CCO. The molecule has 0 aliphatic rings. The average Bonchev–Trinajstić information content (AvgIpc) is 2.43. The summed E-state index contributed by atoms with van der Waals surface area (Å²) in [5, 5.41) is 25.4. The maximum absolute atomic E-state index is 12.3. The predicted octanol–water partition coefficient (Wildman–Crippen LogP) is -0.517. The summed E-state index contributed by atoms with van der Waals surface area (Å²) in [6.07, 6.45) is -0.344. The topological polar surface area (TPSA) is 115 Å². The zero-order valence-electron chi connectivity index (χ0n) is 10.5. The molecule has 0 saturated carbocycles. The number of hydrogen-bond donors (Lipinski definition) is 2. The minimum Gasteiger partial charge on any atom is -0.396 e. The van der Waals surface area contributed by atoms with Crippen LogP contribution in [0, 0.1) is 0 Å². The first kappa shape index (κ1) is 14.6. The highest BCUT2D eigenvalue weighted by Gasteiger charge is 2.25. The molecule has 2 rings (SSSR count). The zero-order valence-corrected chi connectivity index (χ0v) is 11.4. The standard InChI is InChI=1S/C11H14N3O5P/c15-5-7-20(18,8-6-16)19-14-11(17)9-3-1-2-4-10(9)12-13-14/h1-4,15-16H,5-8H2. The van der Waals surface area contributed by atoms with E-state index in [0.717, 1.165) is 0 Å². The molecule has 0 unspecified atom stereocenters. The Morgan fingerprint density at radius 3 is 2.50 bits per heavy atom. The highest BCUT2D eigenvalue weighted by Crippen LogP contribution is 2.41. The molecule has 0 radical (unpaired) electrons. The Labute approximate surface area is 114 Å². The van der Waals surface area contributed by atoms with Crippen LogP contribution in [-0.4, -0.2) is 50.9 Å². The fourth-order valence-corrected chi connectivity index (χ4v) is 3.05. The lowest BCUT2D eigenvalue weighted by atomic mass is 10.2. The molecule has 0 bridgehead atoms. The van der Waals surface area contributed by atoms with E-state index in [2.05, 4.69) is 10.3 Å². The summed E-state index contributed by atoms with van der Waals surface area (Å²) >= 11 is 0. The van der Waals surface area contributed by atoms with E-state index in [1.54, 1.807) is 24.3 Å². The number of fused-ring (bicyclic) bond motifs is 1. The van der Waals surface area contributed by atoms with Gasteiger partial charge in [-0.1, -0.05) is 12.1 Å². The molecule has 8 nitrogen and oxygen atoms in total. The molecule has 0 atom stereocenters. The van der Waals surface area contributed by atoms with Crippen LogP contribution >= 0.6 is 7.37 Å². The second-order valence-electron chi connectivity index (χ2n) is 4.08. The first-order chi connectivity index (χ1) is 9.59. The molecular formula is C11H14N3O5P. The van der Waals surface area contributed by atoms with Crippen molar-refractivity contribution in [2.75, 3.05) is 25.5 Å². The minimum absolute atomic E-state index is 0.172. The van der Waals surface area contributed by atoms with E-state index in [1.165, 1.54) is 0 Å². The Morgan fingerprint density at radius 1 is 1.20 bits per heavy atom. The molecule has 1 aromatic carbocycles. The summed E-state index contributed by atoms with van der Waals surface area (Å²) in [6.45, 7) is -0.764. The summed E-state index contributed by atoms with van der Waals surface area (Å²) in [7, 11) is -3.39. The van der Waals surface area contributed by atoms with E-state index >= 15 is 0 Å². The van der Waals surface area contributed by atoms with Gasteiger partial charge in [-0.25, -0.2) is 0 Å². The maximum atomic E-state index is 12.3. The van der Waals surface area contributed by atoms with Crippen molar-refractivity contribution in [3.05, 3.63) is 34.6 Å². The summed E-state index contributed by atoms with van der Waals surface area (Å²) in [5.41, 5.74) is -0.191. The van der Waals surface area contributed by atoms with Crippen molar-refractivity contribution < 1.29 is 19.4 Å². The van der Waals surface area contributed by atoms with Crippen LogP contribution in [0.5, 0.6) is 0 Å². The van der Waals surface area contributed by atoms with Crippen LogP contribution in [0.1, 0.15) is 0 Å². The number of rotatable bonds is 6. The largest absolute Gasteiger partial charge is 0.396 e. The molecule has 2 N–H and O–H groups in total. The van der Waals surface area contributed by atoms with Crippen molar-refractivity contribution in [2.45, 2.75) is 0 Å². The summed E-state index contributed by atoms with van der Waals surface area (Å²) in [4.78, 5) is 12.7. The fraction of sp³-hybridized carbons (Fsp3) is 0.364. The smallest absolute Gasteiger partial charge is 0.314 e. The van der Waals surface area contributed by atoms with Gasteiger partial charge in [0.2, 0.25) is 0 Å². The van der Waals surface area contributed by atoms with Gasteiger partial charge in [-0.3, -0.25) is 9.36 Å². The lowest BCUT2D eigenvalue weighted by Gasteiger charge is -2.16. The van der Waals surface area contributed by atoms with Crippen molar-refractivity contribution in [2.24, 2.45) is 0 Å². The molecule has 1 aromatic heterocycles. The molecule has 0 saturated heterocycles. The van der Waals surface area contributed by atoms with Gasteiger partial charge in [-0.2, -0.15) is 0 Å². The van der Waals surface area contributed by atoms with Crippen LogP contribution in [0.4, 0.5) is 0 Å². The lowest BCUT2D eigenvalue weighted by molar-refractivity contribution is 0.202. The third kappa shape index (κ3) is 3.04. The number of hydrogen-bond acceptors (Lipinski definition) is 7. The third-order valence-corrected chi connectivity index (χ3v) is 4.86. The quantitative estimate of drug-likeness (QED) is 0.690. The van der Waals surface area contributed by atoms with Crippen LogP contribution in [0.2, 0.25) is 0 Å². The van der Waals surface area contributed by atoms with Crippen molar-refractivity contribution in [1.29, 1.82) is 0 Å². The van der Waals surface area contributed by atoms with Crippen LogP contribution in [0.25, 0.3) is 10.9 Å². The number of nitrogens with zero attached hydrogens (tertiary/aromatic N) is 3. The normalized spacial score (nSPS) is 11.7. The van der Waals surface area contributed by atoms with E-state index in [4.69, 9.17) is 14.8 Å². The molecule has 2 aromatic rings. The van der Waals surface area contributed by atoms with Gasteiger partial charge in [0, 0.05) is 0 Å². The minimum atomic E-state index is -3.39. The van der Waals surface area contributed by atoms with Crippen molar-refractivity contribution in [3.8, 4) is 0 Å².